The maximum absolute atomic E-state index is 4.96. The third-order valence-electron chi connectivity index (χ3n) is 1.94. The monoisotopic (exact) mass is 184 g/mol. The molecule has 0 atom stereocenters. The third-order valence-corrected chi connectivity index (χ3v) is 1.94. The zero-order chi connectivity index (χ0) is 9.68. The summed E-state index contributed by atoms with van der Waals surface area (Å²) in [5.74, 6) is 1.79. The van der Waals surface area contributed by atoms with Gasteiger partial charge in [0, 0.05) is 34.2 Å². The molecule has 5 nitrogen and oxygen atoms in total. The molecular weight excluding hydrogens is 168 g/mol. The highest BCUT2D eigenvalue weighted by molar-refractivity contribution is 5.23. The van der Waals surface area contributed by atoms with Gasteiger partial charge in [0.2, 0.25) is 5.95 Å². The van der Waals surface area contributed by atoms with Gasteiger partial charge in [0.1, 0.15) is 5.82 Å². The molecule has 0 aliphatic carbocycles. The molecule has 0 aliphatic heterocycles. The van der Waals surface area contributed by atoms with Crippen molar-refractivity contribution in [2.75, 3.05) is 26.1 Å². The number of nitrogens with zero attached hydrogens (tertiary/aromatic N) is 3. The van der Waals surface area contributed by atoms with Crippen LogP contribution in [-0.4, -0.2) is 35.5 Å². The summed E-state index contributed by atoms with van der Waals surface area (Å²) in [7, 11) is 5.49. The first-order chi connectivity index (χ1) is 6.29. The van der Waals surface area contributed by atoms with E-state index in [1.165, 1.54) is 0 Å². The van der Waals surface area contributed by atoms with Gasteiger partial charge in [-0.15, -0.1) is 10.2 Å². The number of hydrogen-bond acceptors (Lipinski definition) is 4. The van der Waals surface area contributed by atoms with Crippen molar-refractivity contribution >= 4 is 5.95 Å². The number of hydrogen-bond donors (Lipinski definition) is 1. The zero-order valence-electron chi connectivity index (χ0n) is 8.37. The van der Waals surface area contributed by atoms with Crippen LogP contribution in [0.25, 0.3) is 0 Å². The molecule has 0 saturated carbocycles. The van der Waals surface area contributed by atoms with Crippen LogP contribution in [0, 0.1) is 0 Å². The second-order valence-corrected chi connectivity index (χ2v) is 2.85. The molecule has 0 fully saturated rings. The largest absolute Gasteiger partial charge is 0.385 e. The first-order valence-corrected chi connectivity index (χ1v) is 4.34. The molecule has 0 aliphatic rings. The van der Waals surface area contributed by atoms with Gasteiger partial charge in [-0.2, -0.15) is 0 Å². The Balaban J connectivity index is 2.51. The Hall–Kier alpha value is -1.10. The van der Waals surface area contributed by atoms with Gasteiger partial charge in [0.05, 0.1) is 0 Å². The van der Waals surface area contributed by atoms with Crippen molar-refractivity contribution in [1.82, 2.24) is 14.8 Å². The van der Waals surface area contributed by atoms with Gasteiger partial charge in [-0.05, 0) is 6.42 Å². The highest BCUT2D eigenvalue weighted by atomic mass is 16.5. The van der Waals surface area contributed by atoms with Gasteiger partial charge < -0.3 is 14.6 Å². The SMILES string of the molecule is CNc1nnc(CCCOC)n1C. The fourth-order valence-electron chi connectivity index (χ4n) is 1.17. The van der Waals surface area contributed by atoms with Crippen LogP contribution in [0.2, 0.25) is 0 Å². The smallest absolute Gasteiger partial charge is 0.224 e. The molecule has 1 N–H and O–H groups in total. The lowest BCUT2D eigenvalue weighted by atomic mass is 10.3. The second-order valence-electron chi connectivity index (χ2n) is 2.85. The summed E-state index contributed by atoms with van der Waals surface area (Å²) < 4.78 is 6.92. The standard InChI is InChI=1S/C8H16N4O/c1-9-8-11-10-7(12(8)2)5-4-6-13-3/h4-6H2,1-3H3,(H,9,11). The molecule has 0 amide bonds. The van der Waals surface area contributed by atoms with Gasteiger partial charge >= 0.3 is 0 Å². The zero-order valence-corrected chi connectivity index (χ0v) is 8.37. The Morgan fingerprint density at radius 2 is 2.23 bits per heavy atom. The fraction of sp³-hybridized carbons (Fsp3) is 0.750. The molecular formula is C8H16N4O. The van der Waals surface area contributed by atoms with Gasteiger partial charge in [-0.25, -0.2) is 0 Å². The molecule has 0 bridgehead atoms. The van der Waals surface area contributed by atoms with Crippen molar-refractivity contribution < 1.29 is 4.74 Å². The van der Waals surface area contributed by atoms with E-state index < -0.39 is 0 Å². The Kier molecular flexibility index (Phi) is 3.70. The number of nitrogens with one attached hydrogen (secondary N) is 1. The van der Waals surface area contributed by atoms with E-state index >= 15 is 0 Å². The maximum Gasteiger partial charge on any atom is 0.224 e. The molecule has 0 unspecified atom stereocenters. The average Bonchev–Trinajstić information content (AvgIpc) is 2.48. The van der Waals surface area contributed by atoms with Crippen LogP contribution in [0.4, 0.5) is 5.95 Å². The Bertz CT molecular complexity index is 259. The van der Waals surface area contributed by atoms with Crippen LogP contribution >= 0.6 is 0 Å². The van der Waals surface area contributed by atoms with E-state index in [0.29, 0.717) is 0 Å². The number of aromatic nitrogens is 3. The summed E-state index contributed by atoms with van der Waals surface area (Å²) in [6, 6.07) is 0. The molecule has 0 aromatic carbocycles. The Morgan fingerprint density at radius 3 is 2.77 bits per heavy atom. The summed E-state index contributed by atoms with van der Waals surface area (Å²) >= 11 is 0. The molecule has 0 spiro atoms. The predicted octanol–water partition coefficient (Wildman–Crippen LogP) is 0.436. The summed E-state index contributed by atoms with van der Waals surface area (Å²) in [5, 5.41) is 11.0. The van der Waals surface area contributed by atoms with Crippen LogP contribution in [0.1, 0.15) is 12.2 Å². The van der Waals surface area contributed by atoms with Crippen LogP contribution in [0.3, 0.4) is 0 Å². The molecule has 5 heteroatoms. The highest BCUT2D eigenvalue weighted by Crippen LogP contribution is 2.05. The van der Waals surface area contributed by atoms with Crippen molar-refractivity contribution in [2.45, 2.75) is 12.8 Å². The van der Waals surface area contributed by atoms with Crippen LogP contribution < -0.4 is 5.32 Å². The molecule has 1 heterocycles. The topological polar surface area (TPSA) is 52.0 Å². The maximum atomic E-state index is 4.96. The van der Waals surface area contributed by atoms with Crippen molar-refractivity contribution in [3.8, 4) is 0 Å². The van der Waals surface area contributed by atoms with Gasteiger partial charge in [0.15, 0.2) is 0 Å². The lowest BCUT2D eigenvalue weighted by molar-refractivity contribution is 0.194. The Labute approximate surface area is 78.1 Å². The quantitative estimate of drug-likeness (QED) is 0.674. The van der Waals surface area contributed by atoms with Crippen LogP contribution in [-0.2, 0) is 18.2 Å². The van der Waals surface area contributed by atoms with Crippen molar-refractivity contribution in [1.29, 1.82) is 0 Å². The first kappa shape index (κ1) is 9.98. The number of ether oxygens (including phenoxy) is 1. The average molecular weight is 184 g/mol. The molecule has 0 radical (unpaired) electrons. The second kappa shape index (κ2) is 4.81. The van der Waals surface area contributed by atoms with Gasteiger partial charge in [-0.1, -0.05) is 0 Å². The summed E-state index contributed by atoms with van der Waals surface area (Å²) in [4.78, 5) is 0. The van der Waals surface area contributed by atoms with E-state index in [9.17, 15) is 0 Å². The molecule has 1 rings (SSSR count). The highest BCUT2D eigenvalue weighted by Gasteiger charge is 2.05. The minimum absolute atomic E-state index is 0.766. The number of rotatable bonds is 5. The van der Waals surface area contributed by atoms with E-state index in [-0.39, 0.29) is 0 Å². The molecule has 0 saturated heterocycles. The van der Waals surface area contributed by atoms with Crippen molar-refractivity contribution in [3.05, 3.63) is 5.82 Å². The first-order valence-electron chi connectivity index (χ1n) is 4.34. The molecule has 1 aromatic heterocycles. The molecule has 74 valence electrons. The lowest BCUT2D eigenvalue weighted by Crippen LogP contribution is -2.03. The minimum Gasteiger partial charge on any atom is -0.385 e. The minimum atomic E-state index is 0.766. The molecule has 13 heavy (non-hydrogen) atoms. The number of aryl methyl sites for hydroxylation is 1. The lowest BCUT2D eigenvalue weighted by Gasteiger charge is -2.02. The molecule has 1 aromatic rings. The van der Waals surface area contributed by atoms with Crippen LogP contribution in [0.15, 0.2) is 0 Å². The van der Waals surface area contributed by atoms with E-state index in [2.05, 4.69) is 15.5 Å². The van der Waals surface area contributed by atoms with Crippen molar-refractivity contribution in [3.63, 3.8) is 0 Å². The van der Waals surface area contributed by atoms with E-state index in [1.807, 2.05) is 18.7 Å². The summed E-state index contributed by atoms with van der Waals surface area (Å²) in [6.45, 7) is 0.766. The number of anilines is 1. The number of methoxy groups -OCH3 is 1. The van der Waals surface area contributed by atoms with Gasteiger partial charge in [-0.3, -0.25) is 0 Å². The Morgan fingerprint density at radius 1 is 1.46 bits per heavy atom. The van der Waals surface area contributed by atoms with E-state index in [0.717, 1.165) is 31.2 Å². The normalized spacial score (nSPS) is 10.4. The summed E-state index contributed by atoms with van der Waals surface area (Å²) in [6.07, 6.45) is 1.88. The van der Waals surface area contributed by atoms with Gasteiger partial charge in [0.25, 0.3) is 0 Å². The predicted molar refractivity (Wildman–Crippen MR) is 50.7 cm³/mol. The third kappa shape index (κ3) is 2.42. The van der Waals surface area contributed by atoms with Crippen LogP contribution in [0.5, 0.6) is 0 Å². The summed E-state index contributed by atoms with van der Waals surface area (Å²) in [5.41, 5.74) is 0. The van der Waals surface area contributed by atoms with Crippen molar-refractivity contribution in [2.24, 2.45) is 7.05 Å². The van der Waals surface area contributed by atoms with E-state index in [4.69, 9.17) is 4.74 Å². The van der Waals surface area contributed by atoms with E-state index in [1.54, 1.807) is 7.11 Å². The fourth-order valence-corrected chi connectivity index (χ4v) is 1.17.